The van der Waals surface area contributed by atoms with Gasteiger partial charge in [0.25, 0.3) is 0 Å². The van der Waals surface area contributed by atoms with E-state index in [1.54, 1.807) is 0 Å². The van der Waals surface area contributed by atoms with Crippen molar-refractivity contribution in [3.8, 4) is 44.5 Å². The molecule has 0 heterocycles. The normalized spacial score (nSPS) is 12.8. The Kier molecular flexibility index (Phi) is 7.40. The van der Waals surface area contributed by atoms with Gasteiger partial charge in [0.1, 0.15) is 5.82 Å². The summed E-state index contributed by atoms with van der Waals surface area (Å²) in [5, 5.41) is 2.29. The summed E-state index contributed by atoms with van der Waals surface area (Å²) in [6.45, 7) is 4.67. The monoisotopic (exact) mass is 657 g/mol. The minimum atomic E-state index is -0.235. The van der Waals surface area contributed by atoms with Crippen LogP contribution in [0, 0.1) is 5.82 Å². The van der Waals surface area contributed by atoms with Crippen molar-refractivity contribution in [1.29, 1.82) is 0 Å². The zero-order valence-corrected chi connectivity index (χ0v) is 28.6. The maximum atomic E-state index is 14.0. The maximum absolute atomic E-state index is 14.0. The van der Waals surface area contributed by atoms with Crippen molar-refractivity contribution in [2.75, 3.05) is 4.90 Å². The van der Waals surface area contributed by atoms with E-state index in [-0.39, 0.29) is 11.2 Å². The van der Waals surface area contributed by atoms with Gasteiger partial charge >= 0.3 is 0 Å². The van der Waals surface area contributed by atoms with Gasteiger partial charge in [-0.1, -0.05) is 153 Å². The molecule has 0 radical (unpaired) electrons. The van der Waals surface area contributed by atoms with Gasteiger partial charge in [-0.25, -0.2) is 4.39 Å². The van der Waals surface area contributed by atoms with E-state index >= 15 is 0 Å². The lowest BCUT2D eigenvalue weighted by Crippen LogP contribution is -2.17. The predicted octanol–water partition coefficient (Wildman–Crippen LogP) is 13.8. The van der Waals surface area contributed by atoms with Gasteiger partial charge in [-0.3, -0.25) is 0 Å². The number of fused-ring (bicyclic) bond motifs is 4. The van der Waals surface area contributed by atoms with Gasteiger partial charge < -0.3 is 4.90 Å². The number of hydrogen-bond donors (Lipinski definition) is 0. The van der Waals surface area contributed by atoms with E-state index < -0.39 is 0 Å². The summed E-state index contributed by atoms with van der Waals surface area (Å²) in [6.07, 6.45) is 0. The lowest BCUT2D eigenvalue weighted by Gasteiger charge is -2.30. The van der Waals surface area contributed by atoms with Crippen LogP contribution in [0.25, 0.3) is 55.3 Å². The molecule has 1 aliphatic carbocycles. The fourth-order valence-corrected chi connectivity index (χ4v) is 8.05. The zero-order valence-electron chi connectivity index (χ0n) is 28.6. The Bertz CT molecular complexity index is 2560. The Labute approximate surface area is 298 Å². The summed E-state index contributed by atoms with van der Waals surface area (Å²) < 4.78 is 14.0. The van der Waals surface area contributed by atoms with Crippen molar-refractivity contribution in [3.63, 3.8) is 0 Å². The molecule has 2 heteroatoms. The Hall–Kier alpha value is -6.25. The number of anilines is 3. The van der Waals surface area contributed by atoms with E-state index in [9.17, 15) is 4.39 Å². The average molecular weight is 658 g/mol. The van der Waals surface area contributed by atoms with Gasteiger partial charge in [-0.2, -0.15) is 0 Å². The van der Waals surface area contributed by atoms with E-state index in [0.717, 1.165) is 55.7 Å². The molecule has 0 saturated heterocycles. The first-order chi connectivity index (χ1) is 25.0. The quantitative estimate of drug-likeness (QED) is 0.172. The van der Waals surface area contributed by atoms with Crippen LogP contribution in [0.1, 0.15) is 25.0 Å². The van der Waals surface area contributed by atoms with E-state index in [1.807, 2.05) is 12.1 Å². The molecule has 0 aliphatic heterocycles. The van der Waals surface area contributed by atoms with Crippen LogP contribution in [0.4, 0.5) is 21.5 Å². The van der Waals surface area contributed by atoms with Crippen LogP contribution < -0.4 is 4.90 Å². The molecule has 8 aromatic rings. The number of rotatable bonds is 6. The van der Waals surface area contributed by atoms with Crippen molar-refractivity contribution < 1.29 is 4.39 Å². The number of nitrogens with zero attached hydrogens (tertiary/aromatic N) is 1. The third-order valence-electron chi connectivity index (χ3n) is 10.5. The molecule has 9 rings (SSSR count). The van der Waals surface area contributed by atoms with E-state index in [2.05, 4.69) is 176 Å². The maximum Gasteiger partial charge on any atom is 0.123 e. The molecular weight excluding hydrogens is 622 g/mol. The summed E-state index contributed by atoms with van der Waals surface area (Å²) in [6, 6.07) is 63.7. The molecule has 0 bridgehead atoms. The highest BCUT2D eigenvalue weighted by Gasteiger charge is 2.36. The minimum Gasteiger partial charge on any atom is -0.310 e. The molecule has 0 fully saturated rings. The second-order valence-electron chi connectivity index (χ2n) is 13.9. The summed E-state index contributed by atoms with van der Waals surface area (Å²) in [7, 11) is 0. The molecule has 244 valence electrons. The van der Waals surface area contributed by atoms with E-state index in [0.29, 0.717) is 0 Å². The highest BCUT2D eigenvalue weighted by atomic mass is 19.1. The van der Waals surface area contributed by atoms with Crippen LogP contribution in [0.3, 0.4) is 0 Å². The Morgan fingerprint density at radius 2 is 0.980 bits per heavy atom. The molecule has 0 amide bonds. The molecule has 0 aromatic heterocycles. The Balaban J connectivity index is 1.26. The zero-order chi connectivity index (χ0) is 34.5. The largest absolute Gasteiger partial charge is 0.310 e. The van der Waals surface area contributed by atoms with Gasteiger partial charge in [-0.15, -0.1) is 0 Å². The van der Waals surface area contributed by atoms with Crippen LogP contribution >= 0.6 is 0 Å². The van der Waals surface area contributed by atoms with Crippen LogP contribution in [-0.2, 0) is 5.41 Å². The first-order valence-electron chi connectivity index (χ1n) is 17.5. The topological polar surface area (TPSA) is 3.24 Å². The molecule has 0 unspecified atom stereocenters. The number of benzene rings is 8. The summed E-state index contributed by atoms with van der Waals surface area (Å²) in [5.74, 6) is -0.235. The molecule has 0 N–H and O–H groups in total. The smallest absolute Gasteiger partial charge is 0.123 e. The Morgan fingerprint density at radius 1 is 0.412 bits per heavy atom. The van der Waals surface area contributed by atoms with Gasteiger partial charge in [0.2, 0.25) is 0 Å². The molecule has 0 spiro atoms. The molecule has 0 atom stereocenters. The summed E-state index contributed by atoms with van der Waals surface area (Å²) in [4.78, 5) is 2.41. The first kappa shape index (κ1) is 30.8. The van der Waals surface area contributed by atoms with Crippen LogP contribution in [0.5, 0.6) is 0 Å². The number of halogens is 1. The van der Waals surface area contributed by atoms with Crippen molar-refractivity contribution in [2.24, 2.45) is 0 Å². The number of para-hydroxylation sites is 1. The van der Waals surface area contributed by atoms with Crippen LogP contribution in [-0.4, -0.2) is 0 Å². The van der Waals surface area contributed by atoms with Crippen molar-refractivity contribution in [1.82, 2.24) is 0 Å². The molecule has 1 aliphatic rings. The molecule has 51 heavy (non-hydrogen) atoms. The fourth-order valence-electron chi connectivity index (χ4n) is 8.05. The SMILES string of the molecule is CC1(C)c2ccccc2-c2ccc(N(c3cccc(-c4cccc5cccc(-c6ccc(F)cc6)c45)c3)c3ccccc3-c3ccccc3)cc21. The van der Waals surface area contributed by atoms with Gasteiger partial charge in [0, 0.05) is 22.4 Å². The predicted molar refractivity (Wildman–Crippen MR) is 212 cm³/mol. The standard InChI is InChI=1S/C49H36FN/c1-49(2)45-23-8-6-20-43(45)44-30-29-39(32-46(44)49)51(47-24-9-7-19-40(47)33-13-4-3-5-14-33)38-18-10-17-36(31-38)42-22-12-16-35-15-11-21-41(48(35)42)34-25-27-37(50)28-26-34/h3-32H,1-2H3. The first-order valence-corrected chi connectivity index (χ1v) is 17.5. The van der Waals surface area contributed by atoms with Crippen LogP contribution in [0.15, 0.2) is 182 Å². The van der Waals surface area contributed by atoms with Crippen molar-refractivity contribution in [3.05, 3.63) is 199 Å². The fraction of sp³-hybridized carbons (Fsp3) is 0.0612. The summed E-state index contributed by atoms with van der Waals surface area (Å²) >= 11 is 0. The third kappa shape index (κ3) is 5.23. The second-order valence-corrected chi connectivity index (χ2v) is 13.9. The van der Waals surface area contributed by atoms with Gasteiger partial charge in [0.15, 0.2) is 0 Å². The lowest BCUT2D eigenvalue weighted by atomic mass is 9.82. The molecule has 0 saturated carbocycles. The highest BCUT2D eigenvalue weighted by molar-refractivity contribution is 6.07. The summed E-state index contributed by atoms with van der Waals surface area (Å²) in [5.41, 5.74) is 15.1. The van der Waals surface area contributed by atoms with Crippen molar-refractivity contribution >= 4 is 27.8 Å². The van der Waals surface area contributed by atoms with E-state index in [1.165, 1.54) is 39.9 Å². The van der Waals surface area contributed by atoms with Crippen molar-refractivity contribution in [2.45, 2.75) is 19.3 Å². The molecule has 1 nitrogen and oxygen atoms in total. The van der Waals surface area contributed by atoms with E-state index in [4.69, 9.17) is 0 Å². The minimum absolute atomic E-state index is 0.131. The molecular formula is C49H36FN. The van der Waals surface area contributed by atoms with Gasteiger partial charge in [0.05, 0.1) is 5.69 Å². The average Bonchev–Trinajstić information content (AvgIpc) is 3.41. The number of hydrogen-bond acceptors (Lipinski definition) is 1. The molecule has 8 aromatic carbocycles. The third-order valence-corrected chi connectivity index (χ3v) is 10.5. The lowest BCUT2D eigenvalue weighted by molar-refractivity contribution is 0.628. The Morgan fingerprint density at radius 3 is 1.76 bits per heavy atom. The second kappa shape index (κ2) is 12.3. The van der Waals surface area contributed by atoms with Gasteiger partial charge in [-0.05, 0) is 103 Å². The highest BCUT2D eigenvalue weighted by Crippen LogP contribution is 2.51. The van der Waals surface area contributed by atoms with Crippen LogP contribution in [0.2, 0.25) is 0 Å².